The van der Waals surface area contributed by atoms with Gasteiger partial charge in [-0.05, 0) is 53.8 Å². The largest absolute Gasteiger partial charge is 0.478 e. The second-order valence-corrected chi connectivity index (χ2v) is 6.13. The van der Waals surface area contributed by atoms with E-state index in [-0.39, 0.29) is 23.3 Å². The van der Waals surface area contributed by atoms with Crippen molar-refractivity contribution in [1.29, 1.82) is 0 Å². The molecule has 0 saturated heterocycles. The van der Waals surface area contributed by atoms with E-state index in [0.29, 0.717) is 5.92 Å². The molecule has 2 aromatic carbocycles. The lowest BCUT2D eigenvalue weighted by Gasteiger charge is -2.37. The Kier molecular flexibility index (Phi) is 3.18. The third-order valence-corrected chi connectivity index (χ3v) is 4.84. The van der Waals surface area contributed by atoms with Crippen LogP contribution in [0.5, 0.6) is 0 Å². The Hall–Kier alpha value is -2.62. The van der Waals surface area contributed by atoms with E-state index in [9.17, 15) is 9.18 Å². The van der Waals surface area contributed by atoms with Crippen molar-refractivity contribution in [1.82, 2.24) is 0 Å². The molecule has 0 bridgehead atoms. The molecule has 0 aromatic heterocycles. The Labute approximate surface area is 133 Å². The molecular weight excluding hydrogens is 293 g/mol. The summed E-state index contributed by atoms with van der Waals surface area (Å²) in [6.45, 7) is 0. The molecule has 2 N–H and O–H groups in total. The molecule has 2 aliphatic rings. The van der Waals surface area contributed by atoms with Crippen LogP contribution in [0.3, 0.4) is 0 Å². The van der Waals surface area contributed by atoms with Crippen LogP contribution < -0.4 is 5.32 Å². The molecule has 3 nitrogen and oxygen atoms in total. The number of rotatable bonds is 2. The molecule has 1 heterocycles. The van der Waals surface area contributed by atoms with Crippen molar-refractivity contribution in [2.45, 2.75) is 18.4 Å². The second-order valence-electron chi connectivity index (χ2n) is 6.13. The number of carboxylic acid groups (broad SMARTS) is 1. The summed E-state index contributed by atoms with van der Waals surface area (Å²) < 4.78 is 13.6. The molecule has 0 unspecified atom stereocenters. The van der Waals surface area contributed by atoms with Gasteiger partial charge in [0.05, 0.1) is 11.6 Å². The number of nitrogens with one attached hydrogen (secondary N) is 1. The van der Waals surface area contributed by atoms with Gasteiger partial charge in [0.25, 0.3) is 0 Å². The molecule has 0 saturated carbocycles. The fourth-order valence-electron chi connectivity index (χ4n) is 3.73. The quantitative estimate of drug-likeness (QED) is 0.811. The average Bonchev–Trinajstić information content (AvgIpc) is 3.04. The van der Waals surface area contributed by atoms with Crippen molar-refractivity contribution in [2.24, 2.45) is 5.92 Å². The van der Waals surface area contributed by atoms with Crippen LogP contribution in [0.2, 0.25) is 0 Å². The number of hydrogen-bond acceptors (Lipinski definition) is 2. The number of benzene rings is 2. The smallest absolute Gasteiger partial charge is 0.335 e. The van der Waals surface area contributed by atoms with Crippen LogP contribution in [0.4, 0.5) is 10.1 Å². The third kappa shape index (κ3) is 2.31. The highest BCUT2D eigenvalue weighted by atomic mass is 19.1. The van der Waals surface area contributed by atoms with Crippen LogP contribution in [0.15, 0.2) is 54.6 Å². The molecule has 23 heavy (non-hydrogen) atoms. The van der Waals surface area contributed by atoms with Gasteiger partial charge in [-0.3, -0.25) is 0 Å². The predicted octanol–water partition coefficient (Wildman–Crippen LogP) is 4.35. The minimum absolute atomic E-state index is 0.0933. The van der Waals surface area contributed by atoms with E-state index in [1.807, 2.05) is 12.1 Å². The van der Waals surface area contributed by atoms with Crippen LogP contribution in [-0.4, -0.2) is 11.1 Å². The number of halogens is 1. The minimum atomic E-state index is -0.922. The first kappa shape index (κ1) is 14.0. The number of anilines is 1. The highest BCUT2D eigenvalue weighted by molar-refractivity contribution is 5.87. The van der Waals surface area contributed by atoms with E-state index >= 15 is 0 Å². The van der Waals surface area contributed by atoms with E-state index in [1.54, 1.807) is 24.3 Å². The second kappa shape index (κ2) is 5.23. The molecule has 1 aliphatic heterocycles. The summed E-state index contributed by atoms with van der Waals surface area (Å²) in [7, 11) is 0. The molecule has 0 radical (unpaired) electrons. The summed E-state index contributed by atoms with van der Waals surface area (Å²) >= 11 is 0. The van der Waals surface area contributed by atoms with Gasteiger partial charge in [0, 0.05) is 11.6 Å². The molecule has 0 spiro atoms. The van der Waals surface area contributed by atoms with Crippen LogP contribution in [0.1, 0.15) is 39.9 Å². The Bertz CT molecular complexity index is 798. The average molecular weight is 309 g/mol. The predicted molar refractivity (Wildman–Crippen MR) is 86.2 cm³/mol. The number of hydrogen-bond donors (Lipinski definition) is 2. The summed E-state index contributed by atoms with van der Waals surface area (Å²) in [6, 6.07) is 12.0. The minimum Gasteiger partial charge on any atom is -0.478 e. The van der Waals surface area contributed by atoms with E-state index < -0.39 is 5.97 Å². The normalized spacial score (nSPS) is 24.7. The molecule has 0 amide bonds. The zero-order valence-corrected chi connectivity index (χ0v) is 12.4. The molecule has 4 rings (SSSR count). The van der Waals surface area contributed by atoms with Gasteiger partial charge in [-0.15, -0.1) is 0 Å². The summed E-state index contributed by atoms with van der Waals surface area (Å²) in [5.41, 5.74) is 3.30. The Morgan fingerprint density at radius 2 is 1.96 bits per heavy atom. The summed E-state index contributed by atoms with van der Waals surface area (Å²) in [5.74, 6) is -0.616. The monoisotopic (exact) mass is 309 g/mol. The molecule has 116 valence electrons. The first-order valence-electron chi connectivity index (χ1n) is 7.69. The highest BCUT2D eigenvalue weighted by Crippen LogP contribution is 2.49. The molecular formula is C19H16FNO2. The molecule has 1 aliphatic carbocycles. The SMILES string of the molecule is O=C(O)c1ccc([C@@H]2Nc3ccc(F)cc3[C@@H]3C=CC[C@@H]32)cc1. The van der Waals surface area contributed by atoms with Crippen LogP contribution >= 0.6 is 0 Å². The lowest BCUT2D eigenvalue weighted by Crippen LogP contribution is -2.29. The van der Waals surface area contributed by atoms with Crippen molar-refractivity contribution >= 4 is 11.7 Å². The Morgan fingerprint density at radius 3 is 2.70 bits per heavy atom. The van der Waals surface area contributed by atoms with Crippen LogP contribution in [0, 0.1) is 11.7 Å². The van der Waals surface area contributed by atoms with Gasteiger partial charge in [-0.2, -0.15) is 0 Å². The van der Waals surface area contributed by atoms with Crippen molar-refractivity contribution in [3.63, 3.8) is 0 Å². The van der Waals surface area contributed by atoms with Crippen molar-refractivity contribution in [3.05, 3.63) is 77.1 Å². The van der Waals surface area contributed by atoms with Gasteiger partial charge in [0.1, 0.15) is 5.82 Å². The lowest BCUT2D eigenvalue weighted by atomic mass is 9.77. The zero-order chi connectivity index (χ0) is 16.0. The van der Waals surface area contributed by atoms with Gasteiger partial charge >= 0.3 is 5.97 Å². The maximum atomic E-state index is 13.6. The van der Waals surface area contributed by atoms with Crippen molar-refractivity contribution in [2.75, 3.05) is 5.32 Å². The van der Waals surface area contributed by atoms with Crippen molar-refractivity contribution in [3.8, 4) is 0 Å². The fraction of sp³-hybridized carbons (Fsp3) is 0.211. The highest BCUT2D eigenvalue weighted by Gasteiger charge is 2.37. The first-order chi connectivity index (χ1) is 11.1. The first-order valence-corrected chi connectivity index (χ1v) is 7.69. The fourth-order valence-corrected chi connectivity index (χ4v) is 3.73. The summed E-state index contributed by atoms with van der Waals surface area (Å²) in [5, 5.41) is 12.5. The van der Waals surface area contributed by atoms with E-state index in [2.05, 4.69) is 17.5 Å². The molecule has 2 aromatic rings. The lowest BCUT2D eigenvalue weighted by molar-refractivity contribution is 0.0697. The number of aromatic carboxylic acids is 1. The van der Waals surface area contributed by atoms with Gasteiger partial charge in [-0.1, -0.05) is 24.3 Å². The maximum Gasteiger partial charge on any atom is 0.335 e. The van der Waals surface area contributed by atoms with Gasteiger partial charge in [0.15, 0.2) is 0 Å². The van der Waals surface area contributed by atoms with Gasteiger partial charge < -0.3 is 10.4 Å². The van der Waals surface area contributed by atoms with Crippen LogP contribution in [-0.2, 0) is 0 Å². The van der Waals surface area contributed by atoms with Gasteiger partial charge in [-0.25, -0.2) is 9.18 Å². The molecule has 3 atom stereocenters. The number of carboxylic acids is 1. The standard InChI is InChI=1S/C19H16FNO2/c20-13-8-9-17-16(10-13)14-2-1-3-15(14)18(21-17)11-4-6-12(7-5-11)19(22)23/h1-2,4-10,14-15,18,21H,3H2,(H,22,23)/t14-,15+,18+/m1/s1. The third-order valence-electron chi connectivity index (χ3n) is 4.84. The van der Waals surface area contributed by atoms with E-state index in [4.69, 9.17) is 5.11 Å². The number of allylic oxidation sites excluding steroid dienone is 2. The zero-order valence-electron chi connectivity index (χ0n) is 12.4. The molecule has 4 heteroatoms. The Morgan fingerprint density at radius 1 is 1.17 bits per heavy atom. The topological polar surface area (TPSA) is 49.3 Å². The van der Waals surface area contributed by atoms with Crippen molar-refractivity contribution < 1.29 is 14.3 Å². The summed E-state index contributed by atoms with van der Waals surface area (Å²) in [4.78, 5) is 11.0. The van der Waals surface area contributed by atoms with Crippen LogP contribution in [0.25, 0.3) is 0 Å². The summed E-state index contributed by atoms with van der Waals surface area (Å²) in [6.07, 6.45) is 5.23. The van der Waals surface area contributed by atoms with E-state index in [1.165, 1.54) is 6.07 Å². The van der Waals surface area contributed by atoms with E-state index in [0.717, 1.165) is 23.2 Å². The Balaban J connectivity index is 1.73. The number of fused-ring (bicyclic) bond motifs is 3. The molecule has 0 fully saturated rings. The number of carbonyl (C=O) groups is 1. The van der Waals surface area contributed by atoms with Gasteiger partial charge in [0.2, 0.25) is 0 Å². The maximum absolute atomic E-state index is 13.6.